The van der Waals surface area contributed by atoms with Gasteiger partial charge in [0, 0.05) is 190 Å². The van der Waals surface area contributed by atoms with Crippen molar-refractivity contribution in [3.8, 4) is 0 Å². The zero-order valence-corrected chi connectivity index (χ0v) is 75.7. The highest BCUT2D eigenvalue weighted by molar-refractivity contribution is 5.97. The number of hydrogen-bond donors (Lipinski definition) is 7. The molecule has 0 bridgehead atoms. The van der Waals surface area contributed by atoms with Gasteiger partial charge in [0.25, 0.3) is 0 Å². The van der Waals surface area contributed by atoms with Crippen LogP contribution in [0.25, 0.3) is 0 Å². The summed E-state index contributed by atoms with van der Waals surface area (Å²) in [6.07, 6.45) is 48.9. The predicted octanol–water partition coefficient (Wildman–Crippen LogP) is 8.93. The maximum Gasteiger partial charge on any atom is 0.331 e. The molecule has 2 unspecified atom stereocenters. The van der Waals surface area contributed by atoms with Gasteiger partial charge in [-0.25, -0.2) is 38.4 Å². The Morgan fingerprint density at radius 3 is 0.827 bits per heavy atom. The lowest BCUT2D eigenvalue weighted by molar-refractivity contribution is -0.139. The van der Waals surface area contributed by atoms with E-state index in [4.69, 9.17) is 24.8 Å². The van der Waals surface area contributed by atoms with Gasteiger partial charge in [-0.3, -0.25) is 47.9 Å². The first-order valence-electron chi connectivity index (χ1n) is 45.2. The van der Waals surface area contributed by atoms with E-state index in [0.29, 0.717) is 83.8 Å². The standard InChI is InChI=1S/C17H28N2O4.C17H27NO5.C16H26N2O4.C16H25NO5.C13H20N2O4.C12H18N2O4/c1-23-17(22)11-10-15(20)18-12-6-2-3-7-13-19-14-8-4-5-9-16(19)21;1-22-16(20)10-11-17(21)23-14-8-3-2-6-12-18-13-7-4-5-9-15(18)19;19-14(9-10-16(21)22)17-11-5-1-2-6-12-18-13-7-3-4-8-15(18)20;18-14-8-4-3-6-12-17(14)11-5-1-2-7-13-22-16(21)10-9-15(19)20;1-10(14-11(16)7-8-13(18)19-2)15-9-5-3-4-6-12(15)17;1-9(13-10(15)6-7-12(17)18)14-8-4-2-3-5-11(14)16/h10-11H,2-9,12-14H2,1H3,(H,18,20);10-11H,2-9,12-14H2,1H3;9-10H,1-8,11-13H2,(H,17,19)(H,21,22);9-10H,1-8,11-13H2,(H,19,20);7-8,10H,3-6,9H2,1-2H3,(H,14,16);6-7,9H,2-5,8H2,1H3,(H,13,15)(H,17,18). The third kappa shape index (κ3) is 62.6. The van der Waals surface area contributed by atoms with Gasteiger partial charge < -0.3 is 89.7 Å². The highest BCUT2D eigenvalue weighted by Gasteiger charge is 2.26. The van der Waals surface area contributed by atoms with E-state index in [-0.39, 0.29) is 47.5 Å². The number of amides is 10. The van der Waals surface area contributed by atoms with Gasteiger partial charge >= 0.3 is 47.8 Å². The summed E-state index contributed by atoms with van der Waals surface area (Å²) in [4.78, 5) is 213. The Bertz CT molecular complexity index is 3410. The molecule has 127 heavy (non-hydrogen) atoms. The fourth-order valence-corrected chi connectivity index (χ4v) is 13.7. The Hall–Kier alpha value is -11.1. The van der Waals surface area contributed by atoms with E-state index in [1.165, 1.54) is 27.4 Å². The molecule has 0 saturated carbocycles. The molecule has 6 aliphatic heterocycles. The van der Waals surface area contributed by atoms with Crippen LogP contribution in [0.4, 0.5) is 0 Å². The molecule has 714 valence electrons. The van der Waals surface area contributed by atoms with E-state index in [1.807, 2.05) is 19.6 Å². The van der Waals surface area contributed by atoms with Crippen molar-refractivity contribution in [1.82, 2.24) is 50.7 Å². The highest BCUT2D eigenvalue weighted by Crippen LogP contribution is 2.19. The first-order chi connectivity index (χ1) is 61.0. The number of carbonyl (C=O) groups is 18. The maximum atomic E-state index is 11.8. The number of aliphatic carboxylic acids is 3. The summed E-state index contributed by atoms with van der Waals surface area (Å²) in [6, 6.07) is 0. The predicted molar refractivity (Wildman–Crippen MR) is 471 cm³/mol. The number of ether oxygens (including phenoxy) is 5. The van der Waals surface area contributed by atoms with Crippen molar-refractivity contribution in [2.75, 3.05) is 113 Å². The van der Waals surface area contributed by atoms with Crippen molar-refractivity contribution in [3.05, 3.63) is 72.9 Å². The minimum Gasteiger partial charge on any atom is -0.478 e. The van der Waals surface area contributed by atoms with E-state index in [1.54, 1.807) is 23.6 Å². The number of nitrogens with zero attached hydrogens (tertiary/aromatic N) is 6. The average molecular weight is 1790 g/mol. The number of unbranched alkanes of at least 4 members (excludes halogenated alkanes) is 12. The lowest BCUT2D eigenvalue weighted by Crippen LogP contribution is -2.48. The number of hydrogen-bond acceptors (Lipinski definition) is 23. The van der Waals surface area contributed by atoms with Gasteiger partial charge in [0.2, 0.25) is 59.1 Å². The highest BCUT2D eigenvalue weighted by atomic mass is 16.5. The van der Waals surface area contributed by atoms with E-state index in [9.17, 15) is 86.3 Å². The van der Waals surface area contributed by atoms with Gasteiger partial charge in [0.15, 0.2) is 0 Å². The molecular weight excluding hydrogens is 1650 g/mol. The second kappa shape index (κ2) is 74.0. The molecule has 6 saturated heterocycles. The lowest BCUT2D eigenvalue weighted by Gasteiger charge is -2.28. The van der Waals surface area contributed by atoms with Gasteiger partial charge in [-0.2, -0.15) is 0 Å². The molecule has 0 aliphatic carbocycles. The Kier molecular flexibility index (Phi) is 66.4. The van der Waals surface area contributed by atoms with E-state index < -0.39 is 65.7 Å². The number of rotatable bonds is 44. The fraction of sp³-hybridized carbons (Fsp3) is 0.670. The van der Waals surface area contributed by atoms with Crippen molar-refractivity contribution in [3.63, 3.8) is 0 Å². The molecular formula is C91H144N10O26. The van der Waals surface area contributed by atoms with E-state index >= 15 is 0 Å². The van der Waals surface area contributed by atoms with Crippen molar-refractivity contribution in [2.45, 2.75) is 283 Å². The van der Waals surface area contributed by atoms with Crippen LogP contribution in [-0.4, -0.2) is 277 Å². The van der Waals surface area contributed by atoms with Crippen LogP contribution in [0, 0.1) is 0 Å². The topological polar surface area (TPSA) is 482 Å². The normalized spacial score (nSPS) is 16.4. The SMILES string of the molecule is CC(NC(=O)C=CC(=O)O)N1CCCCCC1=O.COC(=O)C=CC(=O)NC(C)N1CCCCCC1=O.COC(=O)C=CC(=O)NCCCCCCN1CCCCCC1=O.COC(=O)C=CC(=O)OCCCCCCN1CCCCCC1=O.O=C(O)C=CC(=O)NCCCCCCN1CCCCCC1=O.O=C(O)C=CC(=O)OCCCCCCN1CCCCCC1=O. The molecule has 0 radical (unpaired) electrons. The Morgan fingerprint density at radius 1 is 0.283 bits per heavy atom. The van der Waals surface area contributed by atoms with E-state index in [2.05, 4.69) is 35.5 Å². The number of esters is 5. The van der Waals surface area contributed by atoms with Crippen LogP contribution in [0.5, 0.6) is 0 Å². The molecule has 0 aromatic heterocycles. The number of methoxy groups -OCH3 is 3. The first kappa shape index (κ1) is 114. The summed E-state index contributed by atoms with van der Waals surface area (Å²) in [5, 5.41) is 35.7. The molecule has 0 aromatic carbocycles. The molecule has 0 spiro atoms. The lowest BCUT2D eigenvalue weighted by atomic mass is 10.2. The fourth-order valence-electron chi connectivity index (χ4n) is 13.7. The van der Waals surface area contributed by atoms with E-state index in [0.717, 1.165) is 338 Å². The summed E-state index contributed by atoms with van der Waals surface area (Å²) >= 11 is 0. The van der Waals surface area contributed by atoms with Crippen molar-refractivity contribution in [1.29, 1.82) is 0 Å². The van der Waals surface area contributed by atoms with Crippen LogP contribution in [0.2, 0.25) is 0 Å². The molecule has 6 fully saturated rings. The third-order valence-corrected chi connectivity index (χ3v) is 20.8. The Balaban J connectivity index is 0.000000764. The number of nitrogens with one attached hydrogen (secondary N) is 4. The van der Waals surface area contributed by atoms with Crippen molar-refractivity contribution < 1.29 is 125 Å². The monoisotopic (exact) mass is 1790 g/mol. The van der Waals surface area contributed by atoms with Crippen LogP contribution < -0.4 is 21.3 Å². The van der Waals surface area contributed by atoms with Gasteiger partial charge in [0.05, 0.1) is 34.5 Å². The molecule has 6 aliphatic rings. The first-order valence-corrected chi connectivity index (χ1v) is 45.2. The summed E-state index contributed by atoms with van der Waals surface area (Å²) in [6.45, 7) is 13.4. The Morgan fingerprint density at radius 2 is 0.520 bits per heavy atom. The zero-order chi connectivity index (χ0) is 94.0. The van der Waals surface area contributed by atoms with Gasteiger partial charge in [-0.15, -0.1) is 0 Å². The molecule has 2 atom stereocenters. The smallest absolute Gasteiger partial charge is 0.331 e. The van der Waals surface area contributed by atoms with Gasteiger partial charge in [-0.1, -0.05) is 77.0 Å². The van der Waals surface area contributed by atoms with Gasteiger partial charge in [0.1, 0.15) is 12.3 Å². The van der Waals surface area contributed by atoms with Crippen molar-refractivity contribution in [2.24, 2.45) is 0 Å². The summed E-state index contributed by atoms with van der Waals surface area (Å²) < 4.78 is 23.0. The number of carbonyl (C=O) groups excluding carboxylic acids is 15. The molecule has 36 heteroatoms. The van der Waals surface area contributed by atoms with Gasteiger partial charge in [-0.05, 0) is 155 Å². The zero-order valence-electron chi connectivity index (χ0n) is 75.7. The Labute approximate surface area is 748 Å². The summed E-state index contributed by atoms with van der Waals surface area (Å²) in [5.41, 5.74) is 0. The van der Waals surface area contributed by atoms with Crippen LogP contribution in [-0.2, 0) is 110 Å². The van der Waals surface area contributed by atoms with Crippen LogP contribution >= 0.6 is 0 Å². The molecule has 6 heterocycles. The largest absolute Gasteiger partial charge is 0.478 e. The molecule has 6 rings (SSSR count). The van der Waals surface area contributed by atoms with Crippen LogP contribution in [0.1, 0.15) is 271 Å². The third-order valence-electron chi connectivity index (χ3n) is 20.8. The second-order valence-electron chi connectivity index (χ2n) is 31.1. The molecule has 10 amide bonds. The maximum absolute atomic E-state index is 11.8. The summed E-state index contributed by atoms with van der Waals surface area (Å²) in [7, 11) is 3.75. The van der Waals surface area contributed by atoms with Crippen LogP contribution in [0.3, 0.4) is 0 Å². The molecule has 0 aromatic rings. The minimum absolute atomic E-state index is 0.0301. The van der Waals surface area contributed by atoms with Crippen LogP contribution in [0.15, 0.2) is 72.9 Å². The van der Waals surface area contributed by atoms with Crippen molar-refractivity contribution >= 4 is 107 Å². The molecule has 36 nitrogen and oxygen atoms in total. The second-order valence-corrected chi connectivity index (χ2v) is 31.1. The minimum atomic E-state index is -1.18. The number of likely N-dealkylation sites (tertiary alicyclic amines) is 6. The summed E-state index contributed by atoms with van der Waals surface area (Å²) in [5.74, 6) is -6.70. The number of carboxylic acid groups (broad SMARTS) is 3. The average Bonchev–Trinajstić information content (AvgIpc) is 1.88. The quantitative estimate of drug-likeness (QED) is 0.0129. The molecule has 7 N–H and O–H groups in total. The number of carboxylic acids is 3.